The lowest BCUT2D eigenvalue weighted by atomic mass is 9.86. The number of carbonyl (C=O) groups excluding carboxylic acids is 2. The van der Waals surface area contributed by atoms with E-state index in [9.17, 15) is 9.59 Å². The van der Waals surface area contributed by atoms with E-state index in [1.807, 2.05) is 54.3 Å². The number of hydrogen-bond acceptors (Lipinski definition) is 3. The summed E-state index contributed by atoms with van der Waals surface area (Å²) in [5, 5.41) is 6.71. The molecule has 2 aromatic carbocycles. The van der Waals surface area contributed by atoms with E-state index in [4.69, 9.17) is 0 Å². The summed E-state index contributed by atoms with van der Waals surface area (Å²) in [4.78, 5) is 27.5. The molecule has 1 saturated heterocycles. The standard InChI is InChI=1S/C24H29N3O2/c1-16-6-5-7-19-20(16)25-24(26-21(19)28)12-14-27(15-13-24)22(29)17-8-10-18(11-9-17)23(2,3)4/h5-11,25H,12-15H2,1-4H3,(H,26,28). The smallest absolute Gasteiger partial charge is 0.255 e. The van der Waals surface area contributed by atoms with Crippen molar-refractivity contribution < 1.29 is 9.59 Å². The Morgan fingerprint density at radius 2 is 1.66 bits per heavy atom. The zero-order valence-corrected chi connectivity index (χ0v) is 17.6. The van der Waals surface area contributed by atoms with Crippen LogP contribution in [0.3, 0.4) is 0 Å². The number of nitrogens with one attached hydrogen (secondary N) is 2. The minimum Gasteiger partial charge on any atom is -0.362 e. The molecule has 1 fully saturated rings. The third-order valence-electron chi connectivity index (χ3n) is 6.14. The molecule has 0 atom stereocenters. The van der Waals surface area contributed by atoms with Gasteiger partial charge >= 0.3 is 0 Å². The zero-order valence-electron chi connectivity index (χ0n) is 17.6. The Balaban J connectivity index is 1.46. The Morgan fingerprint density at radius 3 is 2.28 bits per heavy atom. The van der Waals surface area contributed by atoms with Crippen LogP contribution in [-0.2, 0) is 5.41 Å². The van der Waals surface area contributed by atoms with Crippen LogP contribution in [0.1, 0.15) is 65.5 Å². The van der Waals surface area contributed by atoms with E-state index in [2.05, 4.69) is 31.4 Å². The number of rotatable bonds is 1. The monoisotopic (exact) mass is 391 g/mol. The quantitative estimate of drug-likeness (QED) is 0.770. The molecule has 0 aromatic heterocycles. The van der Waals surface area contributed by atoms with E-state index in [1.54, 1.807) is 0 Å². The van der Waals surface area contributed by atoms with Crippen molar-refractivity contribution in [1.29, 1.82) is 0 Å². The van der Waals surface area contributed by atoms with Crippen molar-refractivity contribution in [3.63, 3.8) is 0 Å². The van der Waals surface area contributed by atoms with Crippen LogP contribution in [0.5, 0.6) is 0 Å². The fourth-order valence-electron chi connectivity index (χ4n) is 4.21. The van der Waals surface area contributed by atoms with Gasteiger partial charge in [0.2, 0.25) is 0 Å². The van der Waals surface area contributed by atoms with Crippen molar-refractivity contribution in [2.75, 3.05) is 18.4 Å². The lowest BCUT2D eigenvalue weighted by Gasteiger charge is -2.46. The maximum absolute atomic E-state index is 13.0. The van der Waals surface area contributed by atoms with Crippen LogP contribution in [-0.4, -0.2) is 35.5 Å². The number of benzene rings is 2. The third kappa shape index (κ3) is 3.61. The number of nitrogens with zero attached hydrogens (tertiary/aromatic N) is 1. The predicted molar refractivity (Wildman–Crippen MR) is 115 cm³/mol. The van der Waals surface area contributed by atoms with Crippen molar-refractivity contribution in [3.05, 3.63) is 64.7 Å². The van der Waals surface area contributed by atoms with Crippen LogP contribution in [0.2, 0.25) is 0 Å². The Kier molecular flexibility index (Phi) is 4.64. The molecule has 2 aliphatic heterocycles. The van der Waals surface area contributed by atoms with E-state index in [1.165, 1.54) is 5.56 Å². The van der Waals surface area contributed by atoms with E-state index in [-0.39, 0.29) is 17.2 Å². The van der Waals surface area contributed by atoms with Gasteiger partial charge in [-0.3, -0.25) is 9.59 Å². The molecule has 0 unspecified atom stereocenters. The second-order valence-electron chi connectivity index (χ2n) is 9.28. The first-order chi connectivity index (χ1) is 13.7. The number of piperidine rings is 1. The lowest BCUT2D eigenvalue weighted by Crippen LogP contribution is -2.62. The number of carbonyl (C=O) groups is 2. The SMILES string of the molecule is Cc1cccc2c1NC1(CCN(C(=O)c3ccc(C(C)(C)C)cc3)CC1)NC2=O. The fourth-order valence-corrected chi connectivity index (χ4v) is 4.21. The van der Waals surface area contributed by atoms with E-state index >= 15 is 0 Å². The highest BCUT2D eigenvalue weighted by Gasteiger charge is 2.41. The Bertz CT molecular complexity index is 949. The van der Waals surface area contributed by atoms with E-state index in [0.29, 0.717) is 31.5 Å². The Morgan fingerprint density at radius 1 is 1.00 bits per heavy atom. The van der Waals surface area contributed by atoms with Gasteiger partial charge in [0.15, 0.2) is 0 Å². The maximum atomic E-state index is 13.0. The maximum Gasteiger partial charge on any atom is 0.255 e. The average Bonchev–Trinajstić information content (AvgIpc) is 2.68. The zero-order chi connectivity index (χ0) is 20.8. The molecule has 2 aromatic rings. The first-order valence-electron chi connectivity index (χ1n) is 10.3. The molecule has 0 bridgehead atoms. The van der Waals surface area contributed by atoms with Gasteiger partial charge in [0.05, 0.1) is 11.3 Å². The van der Waals surface area contributed by atoms with Crippen LogP contribution in [0.25, 0.3) is 0 Å². The average molecular weight is 392 g/mol. The minimum atomic E-state index is -0.483. The molecule has 2 N–H and O–H groups in total. The van der Waals surface area contributed by atoms with Crippen LogP contribution in [0.4, 0.5) is 5.69 Å². The molecule has 29 heavy (non-hydrogen) atoms. The molecule has 4 rings (SSSR count). The van der Waals surface area contributed by atoms with Gasteiger partial charge < -0.3 is 15.5 Å². The van der Waals surface area contributed by atoms with Gasteiger partial charge in [-0.2, -0.15) is 0 Å². The molecule has 0 radical (unpaired) electrons. The van der Waals surface area contributed by atoms with Crippen LogP contribution in [0, 0.1) is 6.92 Å². The summed E-state index contributed by atoms with van der Waals surface area (Å²) < 4.78 is 0. The topological polar surface area (TPSA) is 61.4 Å². The number of para-hydroxylation sites is 1. The summed E-state index contributed by atoms with van der Waals surface area (Å²) in [5.41, 5.74) is 4.18. The Labute approximate surface area is 172 Å². The molecule has 5 nitrogen and oxygen atoms in total. The van der Waals surface area contributed by atoms with Gasteiger partial charge in [0, 0.05) is 31.5 Å². The van der Waals surface area contributed by atoms with Gasteiger partial charge in [-0.1, -0.05) is 45.0 Å². The number of aryl methyl sites for hydroxylation is 1. The second-order valence-corrected chi connectivity index (χ2v) is 9.28. The number of hydrogen-bond donors (Lipinski definition) is 2. The lowest BCUT2D eigenvalue weighted by molar-refractivity contribution is 0.0639. The summed E-state index contributed by atoms with van der Waals surface area (Å²) in [6.07, 6.45) is 1.36. The first-order valence-corrected chi connectivity index (χ1v) is 10.3. The van der Waals surface area contributed by atoms with E-state index < -0.39 is 5.66 Å². The number of anilines is 1. The highest BCUT2D eigenvalue weighted by molar-refractivity contribution is 6.03. The summed E-state index contributed by atoms with van der Waals surface area (Å²) in [6, 6.07) is 13.7. The number of likely N-dealkylation sites (tertiary alicyclic amines) is 1. The molecule has 5 heteroatoms. The van der Waals surface area contributed by atoms with Gasteiger partial charge in [0.1, 0.15) is 5.66 Å². The van der Waals surface area contributed by atoms with Crippen molar-refractivity contribution in [3.8, 4) is 0 Å². The number of amides is 2. The fraction of sp³-hybridized carbons (Fsp3) is 0.417. The predicted octanol–water partition coefficient (Wildman–Crippen LogP) is 4.08. The van der Waals surface area contributed by atoms with Gasteiger partial charge in [-0.15, -0.1) is 0 Å². The molecular formula is C24H29N3O2. The van der Waals surface area contributed by atoms with Crippen LogP contribution < -0.4 is 10.6 Å². The molecule has 0 saturated carbocycles. The Hall–Kier alpha value is -2.82. The highest BCUT2D eigenvalue weighted by atomic mass is 16.2. The molecule has 152 valence electrons. The minimum absolute atomic E-state index is 0.0417. The molecular weight excluding hydrogens is 362 g/mol. The third-order valence-corrected chi connectivity index (χ3v) is 6.14. The molecule has 0 aliphatic carbocycles. The first kappa shape index (κ1) is 19.5. The van der Waals surface area contributed by atoms with Crippen molar-refractivity contribution in [2.24, 2.45) is 0 Å². The van der Waals surface area contributed by atoms with Crippen LogP contribution >= 0.6 is 0 Å². The summed E-state index contributed by atoms with van der Waals surface area (Å²) in [7, 11) is 0. The molecule has 2 aliphatic rings. The summed E-state index contributed by atoms with van der Waals surface area (Å²) in [5.74, 6) is 0.0130. The van der Waals surface area contributed by atoms with E-state index in [0.717, 1.165) is 16.8 Å². The molecule has 2 amide bonds. The molecule has 2 heterocycles. The molecule has 1 spiro atoms. The van der Waals surface area contributed by atoms with Gasteiger partial charge in [0.25, 0.3) is 11.8 Å². The summed E-state index contributed by atoms with van der Waals surface area (Å²) >= 11 is 0. The van der Waals surface area contributed by atoms with Crippen molar-refractivity contribution in [2.45, 2.75) is 51.6 Å². The largest absolute Gasteiger partial charge is 0.362 e. The highest BCUT2D eigenvalue weighted by Crippen LogP contribution is 2.33. The normalized spacial score (nSPS) is 18.1. The second kappa shape index (κ2) is 6.90. The van der Waals surface area contributed by atoms with Gasteiger partial charge in [-0.25, -0.2) is 0 Å². The number of fused-ring (bicyclic) bond motifs is 1. The summed E-state index contributed by atoms with van der Waals surface area (Å²) in [6.45, 7) is 9.72. The van der Waals surface area contributed by atoms with Crippen molar-refractivity contribution in [1.82, 2.24) is 10.2 Å². The van der Waals surface area contributed by atoms with Gasteiger partial charge in [-0.05, 0) is 41.7 Å². The van der Waals surface area contributed by atoms with Crippen molar-refractivity contribution >= 4 is 17.5 Å². The van der Waals surface area contributed by atoms with Crippen LogP contribution in [0.15, 0.2) is 42.5 Å².